The number of anilines is 2. The molecule has 0 aliphatic rings. The molecule has 9 heteroatoms. The van der Waals surface area contributed by atoms with Crippen LogP contribution in [0.2, 0.25) is 0 Å². The molecule has 4 aromatic rings. The first kappa shape index (κ1) is 24.6. The number of amides is 2. The summed E-state index contributed by atoms with van der Waals surface area (Å²) in [6.45, 7) is 2.46. The first-order chi connectivity index (χ1) is 17.4. The van der Waals surface area contributed by atoms with Crippen molar-refractivity contribution in [3.05, 3.63) is 96.0 Å². The maximum absolute atomic E-state index is 13.9. The van der Waals surface area contributed by atoms with Crippen molar-refractivity contribution in [1.29, 1.82) is 0 Å². The second kappa shape index (κ2) is 11.3. The van der Waals surface area contributed by atoms with Crippen LogP contribution >= 0.6 is 0 Å². The lowest BCUT2D eigenvalue weighted by atomic mass is 10.2. The van der Waals surface area contributed by atoms with Crippen LogP contribution in [-0.4, -0.2) is 23.4 Å². The largest absolute Gasteiger partial charge is 0.494 e. The van der Waals surface area contributed by atoms with Crippen molar-refractivity contribution in [2.45, 2.75) is 19.8 Å². The highest BCUT2D eigenvalue weighted by Gasteiger charge is 2.13. The van der Waals surface area contributed by atoms with E-state index in [-0.39, 0.29) is 41.9 Å². The van der Waals surface area contributed by atoms with Crippen LogP contribution in [0.4, 0.5) is 20.2 Å². The van der Waals surface area contributed by atoms with Crippen molar-refractivity contribution in [3.63, 3.8) is 0 Å². The van der Waals surface area contributed by atoms with Gasteiger partial charge in [0.05, 0.1) is 18.4 Å². The zero-order valence-electron chi connectivity index (χ0n) is 19.4. The highest BCUT2D eigenvalue weighted by atomic mass is 19.1. The molecule has 36 heavy (non-hydrogen) atoms. The molecule has 1 heterocycles. The molecule has 0 radical (unpaired) electrons. The highest BCUT2D eigenvalue weighted by molar-refractivity contribution is 6.04. The molecular weight excluding hydrogens is 468 g/mol. The van der Waals surface area contributed by atoms with E-state index in [1.54, 1.807) is 48.5 Å². The summed E-state index contributed by atoms with van der Waals surface area (Å²) in [6, 6.07) is 16.7. The number of aromatic nitrogens is 1. The molecule has 184 valence electrons. The van der Waals surface area contributed by atoms with Crippen LogP contribution in [0.25, 0.3) is 11.3 Å². The fourth-order valence-electron chi connectivity index (χ4n) is 3.39. The summed E-state index contributed by atoms with van der Waals surface area (Å²) < 4.78 is 37.9. The van der Waals surface area contributed by atoms with Crippen molar-refractivity contribution in [2.75, 3.05) is 17.2 Å². The van der Waals surface area contributed by atoms with E-state index in [1.807, 2.05) is 6.92 Å². The first-order valence-electron chi connectivity index (χ1n) is 11.3. The van der Waals surface area contributed by atoms with E-state index in [4.69, 9.17) is 9.15 Å². The second-order valence-corrected chi connectivity index (χ2v) is 7.78. The van der Waals surface area contributed by atoms with E-state index < -0.39 is 11.6 Å². The third kappa shape index (κ3) is 6.32. The number of nitrogens with zero attached hydrogens (tertiary/aromatic N) is 1. The van der Waals surface area contributed by atoms with E-state index in [2.05, 4.69) is 15.6 Å². The average Bonchev–Trinajstić information content (AvgIpc) is 3.33. The van der Waals surface area contributed by atoms with Crippen molar-refractivity contribution in [2.24, 2.45) is 0 Å². The molecule has 0 saturated carbocycles. The van der Waals surface area contributed by atoms with Crippen LogP contribution in [0.1, 0.15) is 29.6 Å². The lowest BCUT2D eigenvalue weighted by molar-refractivity contribution is -0.116. The maximum atomic E-state index is 13.9. The van der Waals surface area contributed by atoms with E-state index in [0.29, 0.717) is 23.5 Å². The minimum Gasteiger partial charge on any atom is -0.494 e. The number of hydrogen-bond donors (Lipinski definition) is 2. The van der Waals surface area contributed by atoms with Gasteiger partial charge in [0.2, 0.25) is 5.91 Å². The Labute approximate surface area is 206 Å². The SMILES string of the molecule is CCOc1ccc(NC(=O)c2ccc(NC(=O)CCc3ncc(-c4ccc(F)cc4F)o3)cc2)cc1. The molecule has 1 aromatic heterocycles. The van der Waals surface area contributed by atoms with Crippen LogP contribution < -0.4 is 15.4 Å². The lowest BCUT2D eigenvalue weighted by Gasteiger charge is -2.08. The number of ether oxygens (including phenoxy) is 1. The average molecular weight is 491 g/mol. The monoisotopic (exact) mass is 491 g/mol. The van der Waals surface area contributed by atoms with Crippen molar-refractivity contribution >= 4 is 23.2 Å². The van der Waals surface area contributed by atoms with Gasteiger partial charge in [-0.15, -0.1) is 0 Å². The topological polar surface area (TPSA) is 93.5 Å². The summed E-state index contributed by atoms with van der Waals surface area (Å²) in [4.78, 5) is 28.8. The van der Waals surface area contributed by atoms with Gasteiger partial charge in [-0.25, -0.2) is 13.8 Å². The van der Waals surface area contributed by atoms with Gasteiger partial charge in [0.1, 0.15) is 17.4 Å². The molecule has 3 aromatic carbocycles. The van der Waals surface area contributed by atoms with E-state index >= 15 is 0 Å². The van der Waals surface area contributed by atoms with Crippen molar-refractivity contribution in [1.82, 2.24) is 4.98 Å². The smallest absolute Gasteiger partial charge is 0.255 e. The summed E-state index contributed by atoms with van der Waals surface area (Å²) in [7, 11) is 0. The zero-order valence-corrected chi connectivity index (χ0v) is 19.4. The number of carbonyl (C=O) groups is 2. The zero-order chi connectivity index (χ0) is 25.5. The van der Waals surface area contributed by atoms with E-state index in [0.717, 1.165) is 17.9 Å². The molecule has 0 atom stereocenters. The number of aryl methyl sites for hydroxylation is 1. The fourth-order valence-corrected chi connectivity index (χ4v) is 3.39. The van der Waals surface area contributed by atoms with E-state index in [1.165, 1.54) is 12.3 Å². The third-order valence-corrected chi connectivity index (χ3v) is 5.17. The molecule has 0 bridgehead atoms. The number of benzene rings is 3. The molecule has 4 rings (SSSR count). The summed E-state index contributed by atoms with van der Waals surface area (Å²) in [6.07, 6.45) is 1.60. The molecular formula is C27H23F2N3O4. The number of nitrogens with one attached hydrogen (secondary N) is 2. The Morgan fingerprint density at radius 2 is 1.64 bits per heavy atom. The first-order valence-corrected chi connectivity index (χ1v) is 11.3. The Balaban J connectivity index is 1.27. The number of oxazole rings is 1. The van der Waals surface area contributed by atoms with Gasteiger partial charge < -0.3 is 19.8 Å². The highest BCUT2D eigenvalue weighted by Crippen LogP contribution is 2.24. The maximum Gasteiger partial charge on any atom is 0.255 e. The molecule has 2 amide bonds. The van der Waals surface area contributed by atoms with Crippen LogP contribution in [0.3, 0.4) is 0 Å². The molecule has 0 fully saturated rings. The number of hydrogen-bond acceptors (Lipinski definition) is 5. The molecule has 0 saturated heterocycles. The molecule has 7 nitrogen and oxygen atoms in total. The predicted octanol–water partition coefficient (Wildman–Crippen LogP) is 5.84. The van der Waals surface area contributed by atoms with Crippen LogP contribution in [0.15, 0.2) is 77.3 Å². The van der Waals surface area contributed by atoms with Gasteiger partial charge in [0, 0.05) is 35.8 Å². The van der Waals surface area contributed by atoms with Gasteiger partial charge in [0.25, 0.3) is 5.91 Å². The lowest BCUT2D eigenvalue weighted by Crippen LogP contribution is -2.14. The Morgan fingerprint density at radius 1 is 0.944 bits per heavy atom. The minimum atomic E-state index is -0.757. The normalized spacial score (nSPS) is 10.6. The summed E-state index contributed by atoms with van der Waals surface area (Å²) in [5.41, 5.74) is 1.69. The standard InChI is InChI=1S/C27H23F2N3O4/c1-2-35-21-10-8-20(9-11-21)32-27(34)17-3-6-19(7-4-17)31-25(33)13-14-26-30-16-24(36-26)22-12-5-18(28)15-23(22)29/h3-12,15-16H,2,13-14H2,1H3,(H,31,33)(H,32,34). The predicted molar refractivity (Wildman–Crippen MR) is 131 cm³/mol. The van der Waals surface area contributed by atoms with Crippen molar-refractivity contribution < 1.29 is 27.5 Å². The van der Waals surface area contributed by atoms with Gasteiger partial charge in [-0.3, -0.25) is 9.59 Å². The van der Waals surface area contributed by atoms with Crippen LogP contribution in [0, 0.1) is 11.6 Å². The Bertz CT molecular complexity index is 1350. The molecule has 0 aliphatic carbocycles. The summed E-state index contributed by atoms with van der Waals surface area (Å²) in [5.74, 6) is -0.877. The van der Waals surface area contributed by atoms with Gasteiger partial charge in [-0.2, -0.15) is 0 Å². The van der Waals surface area contributed by atoms with Crippen molar-refractivity contribution in [3.8, 4) is 17.1 Å². The number of carbonyl (C=O) groups excluding carboxylic acids is 2. The van der Waals surface area contributed by atoms with Gasteiger partial charge in [0.15, 0.2) is 11.7 Å². The fraction of sp³-hybridized carbons (Fsp3) is 0.148. The third-order valence-electron chi connectivity index (χ3n) is 5.17. The van der Waals surface area contributed by atoms with Gasteiger partial charge in [-0.1, -0.05) is 0 Å². The Kier molecular flexibility index (Phi) is 7.69. The van der Waals surface area contributed by atoms with Crippen LogP contribution in [0.5, 0.6) is 5.75 Å². The number of rotatable bonds is 9. The summed E-state index contributed by atoms with van der Waals surface area (Å²) >= 11 is 0. The van der Waals surface area contributed by atoms with Gasteiger partial charge in [-0.05, 0) is 67.6 Å². The van der Waals surface area contributed by atoms with E-state index in [9.17, 15) is 18.4 Å². The molecule has 0 unspecified atom stereocenters. The second-order valence-electron chi connectivity index (χ2n) is 7.78. The quantitative estimate of drug-likeness (QED) is 0.307. The Hall–Kier alpha value is -4.53. The molecule has 0 aliphatic heterocycles. The Morgan fingerprint density at radius 3 is 2.33 bits per heavy atom. The van der Waals surface area contributed by atoms with Gasteiger partial charge >= 0.3 is 0 Å². The number of halogens is 2. The van der Waals surface area contributed by atoms with Crippen LogP contribution in [-0.2, 0) is 11.2 Å². The molecule has 0 spiro atoms. The molecule has 2 N–H and O–H groups in total. The minimum absolute atomic E-state index is 0.0752. The summed E-state index contributed by atoms with van der Waals surface area (Å²) in [5, 5.41) is 5.55.